The molecular weight excluding hydrogens is 314 g/mol. The molecule has 25 heavy (non-hydrogen) atoms. The summed E-state index contributed by atoms with van der Waals surface area (Å²) in [4.78, 5) is 25.7. The van der Waals surface area contributed by atoms with Gasteiger partial charge in [0.15, 0.2) is 0 Å². The fourth-order valence-electron chi connectivity index (χ4n) is 3.10. The van der Waals surface area contributed by atoms with Gasteiger partial charge in [-0.25, -0.2) is 4.79 Å². The molecule has 5 heteroatoms. The number of rotatable bonds is 4. The molecule has 0 spiro atoms. The van der Waals surface area contributed by atoms with Gasteiger partial charge in [0.25, 0.3) is 0 Å². The van der Waals surface area contributed by atoms with Crippen LogP contribution in [0.3, 0.4) is 0 Å². The Labute approximate surface area is 147 Å². The van der Waals surface area contributed by atoms with Crippen LogP contribution in [0.2, 0.25) is 0 Å². The number of hydrogen-bond acceptors (Lipinski definition) is 2. The molecule has 0 saturated heterocycles. The van der Waals surface area contributed by atoms with Crippen molar-refractivity contribution in [3.8, 4) is 0 Å². The van der Waals surface area contributed by atoms with E-state index in [0.717, 1.165) is 22.2 Å². The summed E-state index contributed by atoms with van der Waals surface area (Å²) in [6.07, 6.45) is 0. The highest BCUT2D eigenvalue weighted by Crippen LogP contribution is 2.20. The average Bonchev–Trinajstić information content (AvgIpc) is 2.86. The quantitative estimate of drug-likeness (QED) is 0.735. The van der Waals surface area contributed by atoms with Gasteiger partial charge in [-0.2, -0.15) is 0 Å². The first-order valence-corrected chi connectivity index (χ1v) is 8.36. The Morgan fingerprint density at radius 2 is 1.68 bits per heavy atom. The predicted octanol–water partition coefficient (Wildman–Crippen LogP) is 2.93. The summed E-state index contributed by atoms with van der Waals surface area (Å²) in [5.74, 6) is 0.0406. The normalized spacial score (nSPS) is 12.3. The van der Waals surface area contributed by atoms with Gasteiger partial charge in [-0.15, -0.1) is 0 Å². The molecule has 0 N–H and O–H groups in total. The Bertz CT molecular complexity index is 967. The molecular formula is C20H23N3O2. The molecule has 0 bridgehead atoms. The van der Waals surface area contributed by atoms with Gasteiger partial charge in [0, 0.05) is 21.0 Å². The SMILES string of the molecule is CC(=O)N(C)[C@H](C)c1ccc(Cn2c(=O)n(C)c3ccccc32)cc1. The first-order chi connectivity index (χ1) is 11.9. The highest BCUT2D eigenvalue weighted by molar-refractivity contribution is 5.76. The Kier molecular flexibility index (Phi) is 4.49. The van der Waals surface area contributed by atoms with Gasteiger partial charge in [-0.3, -0.25) is 13.9 Å². The van der Waals surface area contributed by atoms with E-state index >= 15 is 0 Å². The molecule has 0 aliphatic heterocycles. The third-order valence-electron chi connectivity index (χ3n) is 4.93. The summed E-state index contributed by atoms with van der Waals surface area (Å²) in [6, 6.07) is 15.9. The van der Waals surface area contributed by atoms with Crippen LogP contribution in [-0.2, 0) is 18.4 Å². The van der Waals surface area contributed by atoms with Crippen molar-refractivity contribution in [2.24, 2.45) is 7.05 Å². The Balaban J connectivity index is 1.89. The molecule has 0 unspecified atom stereocenters. The fraction of sp³-hybridized carbons (Fsp3) is 0.300. The minimum atomic E-state index is -0.0186. The van der Waals surface area contributed by atoms with Crippen molar-refractivity contribution in [2.45, 2.75) is 26.4 Å². The van der Waals surface area contributed by atoms with E-state index in [1.165, 1.54) is 0 Å². The van der Waals surface area contributed by atoms with Gasteiger partial charge in [-0.1, -0.05) is 36.4 Å². The zero-order valence-corrected chi connectivity index (χ0v) is 15.1. The van der Waals surface area contributed by atoms with Crippen LogP contribution in [0.25, 0.3) is 11.0 Å². The molecule has 5 nitrogen and oxygen atoms in total. The van der Waals surface area contributed by atoms with Crippen molar-refractivity contribution in [1.29, 1.82) is 0 Å². The molecule has 0 fully saturated rings. The topological polar surface area (TPSA) is 47.2 Å². The number of amides is 1. The maximum Gasteiger partial charge on any atom is 0.329 e. The Morgan fingerprint density at radius 3 is 2.28 bits per heavy atom. The Morgan fingerprint density at radius 1 is 1.08 bits per heavy atom. The van der Waals surface area contributed by atoms with Crippen molar-refractivity contribution in [3.63, 3.8) is 0 Å². The molecule has 0 aliphatic carbocycles. The molecule has 1 heterocycles. The molecule has 1 amide bonds. The molecule has 1 aromatic heterocycles. The summed E-state index contributed by atoms with van der Waals surface area (Å²) in [6.45, 7) is 4.10. The maximum atomic E-state index is 12.5. The van der Waals surface area contributed by atoms with E-state index in [1.807, 2.05) is 55.5 Å². The minimum Gasteiger partial charge on any atom is -0.339 e. The summed E-state index contributed by atoms with van der Waals surface area (Å²) in [7, 11) is 3.60. The van der Waals surface area contributed by atoms with Crippen molar-refractivity contribution in [2.75, 3.05) is 7.05 Å². The number of aromatic nitrogens is 2. The van der Waals surface area contributed by atoms with Crippen molar-refractivity contribution in [3.05, 3.63) is 70.1 Å². The lowest BCUT2D eigenvalue weighted by Gasteiger charge is -2.24. The maximum absolute atomic E-state index is 12.5. The molecule has 130 valence electrons. The number of hydrogen-bond donors (Lipinski definition) is 0. The van der Waals surface area contributed by atoms with Crippen molar-refractivity contribution in [1.82, 2.24) is 14.0 Å². The highest BCUT2D eigenvalue weighted by atomic mass is 16.2. The third kappa shape index (κ3) is 3.09. The fourth-order valence-corrected chi connectivity index (χ4v) is 3.10. The van der Waals surface area contributed by atoms with Gasteiger partial charge in [0.1, 0.15) is 0 Å². The van der Waals surface area contributed by atoms with Crippen molar-refractivity contribution >= 4 is 16.9 Å². The van der Waals surface area contributed by atoms with Crippen LogP contribution in [0, 0.1) is 0 Å². The van der Waals surface area contributed by atoms with Crippen molar-refractivity contribution < 1.29 is 4.79 Å². The molecule has 3 rings (SSSR count). The standard InChI is InChI=1S/C20H23N3O2/c1-14(21(3)15(2)24)17-11-9-16(10-12-17)13-23-19-8-6-5-7-18(19)22(4)20(23)25/h5-12,14H,13H2,1-4H3/t14-/m1/s1. The smallest absolute Gasteiger partial charge is 0.329 e. The van der Waals surface area contributed by atoms with E-state index in [2.05, 4.69) is 0 Å². The number of nitrogens with zero attached hydrogens (tertiary/aromatic N) is 3. The summed E-state index contributed by atoms with van der Waals surface area (Å²) in [5.41, 5.74) is 3.98. The number of carbonyl (C=O) groups is 1. The number of imidazole rings is 1. The van der Waals surface area contributed by atoms with Gasteiger partial charge >= 0.3 is 5.69 Å². The second kappa shape index (κ2) is 6.59. The van der Waals surface area contributed by atoms with E-state index in [4.69, 9.17) is 0 Å². The Hall–Kier alpha value is -2.82. The van der Waals surface area contributed by atoms with Crippen LogP contribution < -0.4 is 5.69 Å². The number of para-hydroxylation sites is 2. The van der Waals surface area contributed by atoms with E-state index in [0.29, 0.717) is 6.54 Å². The zero-order chi connectivity index (χ0) is 18.1. The number of benzene rings is 2. The van der Waals surface area contributed by atoms with Gasteiger partial charge in [-0.05, 0) is 30.2 Å². The van der Waals surface area contributed by atoms with Gasteiger partial charge < -0.3 is 4.90 Å². The van der Waals surface area contributed by atoms with Crippen LogP contribution in [0.1, 0.15) is 31.0 Å². The summed E-state index contributed by atoms with van der Waals surface area (Å²) >= 11 is 0. The number of carbonyl (C=O) groups excluding carboxylic acids is 1. The lowest BCUT2D eigenvalue weighted by molar-refractivity contribution is -0.129. The molecule has 0 aliphatic rings. The van der Waals surface area contributed by atoms with Crippen LogP contribution in [0.15, 0.2) is 53.3 Å². The third-order valence-corrected chi connectivity index (χ3v) is 4.93. The zero-order valence-electron chi connectivity index (χ0n) is 15.1. The first kappa shape index (κ1) is 17.0. The van der Waals surface area contributed by atoms with Crippen LogP contribution >= 0.6 is 0 Å². The highest BCUT2D eigenvalue weighted by Gasteiger charge is 2.14. The predicted molar refractivity (Wildman–Crippen MR) is 99.6 cm³/mol. The summed E-state index contributed by atoms with van der Waals surface area (Å²) < 4.78 is 3.46. The largest absolute Gasteiger partial charge is 0.339 e. The monoisotopic (exact) mass is 337 g/mol. The lowest BCUT2D eigenvalue weighted by atomic mass is 10.0. The number of aryl methyl sites for hydroxylation is 1. The van der Waals surface area contributed by atoms with E-state index < -0.39 is 0 Å². The molecule has 0 radical (unpaired) electrons. The summed E-state index contributed by atoms with van der Waals surface area (Å²) in [5, 5.41) is 0. The molecule has 2 aromatic carbocycles. The number of fused-ring (bicyclic) bond motifs is 1. The minimum absolute atomic E-state index is 0.0186. The van der Waals surface area contributed by atoms with E-state index in [9.17, 15) is 9.59 Å². The van der Waals surface area contributed by atoms with Crippen LogP contribution in [0.4, 0.5) is 0 Å². The lowest BCUT2D eigenvalue weighted by Crippen LogP contribution is -2.27. The van der Waals surface area contributed by atoms with Gasteiger partial charge in [0.2, 0.25) is 5.91 Å². The van der Waals surface area contributed by atoms with Crippen LogP contribution in [-0.4, -0.2) is 27.0 Å². The molecule has 1 atom stereocenters. The molecule has 0 saturated carbocycles. The van der Waals surface area contributed by atoms with E-state index in [1.54, 1.807) is 35.1 Å². The van der Waals surface area contributed by atoms with Crippen LogP contribution in [0.5, 0.6) is 0 Å². The molecule has 3 aromatic rings. The second-order valence-electron chi connectivity index (χ2n) is 6.46. The first-order valence-electron chi connectivity index (χ1n) is 8.36. The average molecular weight is 337 g/mol. The van der Waals surface area contributed by atoms with E-state index in [-0.39, 0.29) is 17.6 Å². The van der Waals surface area contributed by atoms with Gasteiger partial charge in [0.05, 0.1) is 23.6 Å². The second-order valence-corrected chi connectivity index (χ2v) is 6.46.